The highest BCUT2D eigenvalue weighted by molar-refractivity contribution is 7.92. The van der Waals surface area contributed by atoms with E-state index in [1.54, 1.807) is 25.2 Å². The highest BCUT2D eigenvalue weighted by Gasteiger charge is 2.17. The SMILES string of the molecule is Cc1ccc(NS(=O)(=O)c2cnn(C)c2)c(C#CCO)c1. The number of benzene rings is 1. The Bertz CT molecular complexity index is 813. The fourth-order valence-electron chi connectivity index (χ4n) is 1.73. The number of sulfonamides is 1. The number of nitrogens with one attached hydrogen (secondary N) is 1. The number of hydrogen-bond acceptors (Lipinski definition) is 4. The van der Waals surface area contributed by atoms with Crippen LogP contribution >= 0.6 is 0 Å². The fourth-order valence-corrected chi connectivity index (χ4v) is 2.79. The Labute approximate surface area is 123 Å². The summed E-state index contributed by atoms with van der Waals surface area (Å²) in [6.45, 7) is 1.59. The molecule has 0 atom stereocenters. The lowest BCUT2D eigenvalue weighted by Gasteiger charge is -2.09. The molecule has 0 aliphatic carbocycles. The minimum atomic E-state index is -3.72. The van der Waals surface area contributed by atoms with Gasteiger partial charge in [-0.25, -0.2) is 8.42 Å². The predicted molar refractivity (Wildman–Crippen MR) is 79.2 cm³/mol. The second-order valence-electron chi connectivity index (χ2n) is 4.46. The smallest absolute Gasteiger partial charge is 0.265 e. The number of anilines is 1. The summed E-state index contributed by atoms with van der Waals surface area (Å²) in [5, 5.41) is 12.6. The highest BCUT2D eigenvalue weighted by atomic mass is 32.2. The Morgan fingerprint density at radius 1 is 1.43 bits per heavy atom. The van der Waals surface area contributed by atoms with Gasteiger partial charge < -0.3 is 5.11 Å². The minimum Gasteiger partial charge on any atom is -0.384 e. The first kappa shape index (κ1) is 15.1. The molecule has 1 aromatic carbocycles. The number of aromatic nitrogens is 2. The van der Waals surface area contributed by atoms with Crippen molar-refractivity contribution in [1.82, 2.24) is 9.78 Å². The van der Waals surface area contributed by atoms with Crippen molar-refractivity contribution in [3.05, 3.63) is 41.7 Å². The molecule has 21 heavy (non-hydrogen) atoms. The Balaban J connectivity index is 2.39. The lowest BCUT2D eigenvalue weighted by molar-refractivity contribution is 0.350. The van der Waals surface area contributed by atoms with E-state index in [1.807, 2.05) is 6.92 Å². The van der Waals surface area contributed by atoms with Crippen LogP contribution in [0.25, 0.3) is 0 Å². The van der Waals surface area contributed by atoms with Crippen molar-refractivity contribution < 1.29 is 13.5 Å². The molecule has 0 fully saturated rings. The molecule has 7 heteroatoms. The number of aliphatic hydroxyl groups excluding tert-OH is 1. The van der Waals surface area contributed by atoms with Gasteiger partial charge in [-0.3, -0.25) is 9.40 Å². The van der Waals surface area contributed by atoms with Crippen molar-refractivity contribution in [1.29, 1.82) is 0 Å². The second kappa shape index (κ2) is 5.99. The first-order chi connectivity index (χ1) is 9.92. The van der Waals surface area contributed by atoms with E-state index in [0.717, 1.165) is 5.56 Å². The number of aliphatic hydroxyl groups is 1. The van der Waals surface area contributed by atoms with Crippen LogP contribution in [0.2, 0.25) is 0 Å². The molecule has 2 N–H and O–H groups in total. The topological polar surface area (TPSA) is 84.2 Å². The largest absolute Gasteiger partial charge is 0.384 e. The molecule has 0 spiro atoms. The zero-order valence-corrected chi connectivity index (χ0v) is 12.5. The highest BCUT2D eigenvalue weighted by Crippen LogP contribution is 2.20. The first-order valence-corrected chi connectivity index (χ1v) is 7.62. The number of rotatable bonds is 3. The van der Waals surface area contributed by atoms with Crippen LogP contribution in [0.4, 0.5) is 5.69 Å². The maximum absolute atomic E-state index is 12.3. The van der Waals surface area contributed by atoms with Crippen molar-refractivity contribution in [2.24, 2.45) is 7.05 Å². The van der Waals surface area contributed by atoms with Crippen molar-refractivity contribution in [2.75, 3.05) is 11.3 Å². The fraction of sp³-hybridized carbons (Fsp3) is 0.214. The summed E-state index contributed by atoms with van der Waals surface area (Å²) < 4.78 is 28.4. The van der Waals surface area contributed by atoms with Gasteiger partial charge in [0.15, 0.2) is 0 Å². The summed E-state index contributed by atoms with van der Waals surface area (Å²) in [5.41, 5.74) is 1.82. The summed E-state index contributed by atoms with van der Waals surface area (Å²) in [4.78, 5) is 0.0756. The summed E-state index contributed by atoms with van der Waals surface area (Å²) in [6.07, 6.45) is 2.69. The van der Waals surface area contributed by atoms with E-state index in [9.17, 15) is 8.42 Å². The molecule has 6 nitrogen and oxygen atoms in total. The van der Waals surface area contributed by atoms with Gasteiger partial charge in [-0.2, -0.15) is 5.10 Å². The number of hydrogen-bond donors (Lipinski definition) is 2. The third-order valence-electron chi connectivity index (χ3n) is 2.71. The van der Waals surface area contributed by atoms with Gasteiger partial charge in [0, 0.05) is 18.8 Å². The molecular weight excluding hydrogens is 290 g/mol. The van der Waals surface area contributed by atoms with E-state index >= 15 is 0 Å². The Morgan fingerprint density at radius 3 is 2.81 bits per heavy atom. The zero-order valence-electron chi connectivity index (χ0n) is 11.7. The molecule has 1 heterocycles. The van der Waals surface area contributed by atoms with Crippen molar-refractivity contribution in [3.8, 4) is 11.8 Å². The molecular formula is C14H15N3O3S. The van der Waals surface area contributed by atoms with Gasteiger partial charge in [-0.05, 0) is 24.6 Å². The third-order valence-corrected chi connectivity index (χ3v) is 4.03. The standard InChI is InChI=1S/C14H15N3O3S/c1-11-5-6-14(12(8-11)4-3-7-18)16-21(19,20)13-9-15-17(2)10-13/h5-6,8-10,16,18H,7H2,1-2H3. The van der Waals surface area contributed by atoms with E-state index in [4.69, 9.17) is 5.11 Å². The summed E-state index contributed by atoms with van der Waals surface area (Å²) >= 11 is 0. The van der Waals surface area contributed by atoms with Crippen LogP contribution in [0.15, 0.2) is 35.5 Å². The van der Waals surface area contributed by atoms with E-state index in [2.05, 4.69) is 21.7 Å². The molecule has 2 rings (SSSR count). The quantitative estimate of drug-likeness (QED) is 0.824. The van der Waals surface area contributed by atoms with Gasteiger partial charge in [0.1, 0.15) is 11.5 Å². The number of nitrogens with zero attached hydrogens (tertiary/aromatic N) is 2. The van der Waals surface area contributed by atoms with Gasteiger partial charge in [-0.1, -0.05) is 17.9 Å². The molecule has 0 saturated carbocycles. The molecule has 0 amide bonds. The Kier molecular flexibility index (Phi) is 4.31. The van der Waals surface area contributed by atoms with E-state index < -0.39 is 10.0 Å². The van der Waals surface area contributed by atoms with Crippen LogP contribution in [0.1, 0.15) is 11.1 Å². The van der Waals surface area contributed by atoms with Gasteiger partial charge in [0.05, 0.1) is 11.9 Å². The number of aryl methyl sites for hydroxylation is 2. The Hall–Kier alpha value is -2.30. The average Bonchev–Trinajstić information content (AvgIpc) is 2.86. The molecule has 0 aliphatic heterocycles. The maximum atomic E-state index is 12.3. The molecule has 0 radical (unpaired) electrons. The third kappa shape index (κ3) is 3.62. The average molecular weight is 305 g/mol. The first-order valence-electron chi connectivity index (χ1n) is 6.14. The van der Waals surface area contributed by atoms with Gasteiger partial charge in [0.25, 0.3) is 10.0 Å². The van der Waals surface area contributed by atoms with E-state index in [-0.39, 0.29) is 11.5 Å². The van der Waals surface area contributed by atoms with Crippen molar-refractivity contribution in [3.63, 3.8) is 0 Å². The van der Waals surface area contributed by atoms with Gasteiger partial charge in [0.2, 0.25) is 0 Å². The molecule has 110 valence electrons. The van der Waals surface area contributed by atoms with E-state index in [1.165, 1.54) is 17.1 Å². The van der Waals surface area contributed by atoms with Crippen LogP contribution < -0.4 is 4.72 Å². The van der Waals surface area contributed by atoms with Crippen LogP contribution in [-0.4, -0.2) is 29.9 Å². The molecule has 2 aromatic rings. The molecule has 0 unspecified atom stereocenters. The summed E-state index contributed by atoms with van der Waals surface area (Å²) in [7, 11) is -2.07. The lowest BCUT2D eigenvalue weighted by Crippen LogP contribution is -2.13. The van der Waals surface area contributed by atoms with E-state index in [0.29, 0.717) is 11.3 Å². The lowest BCUT2D eigenvalue weighted by atomic mass is 10.1. The van der Waals surface area contributed by atoms with Crippen LogP contribution in [0.5, 0.6) is 0 Å². The molecule has 0 bridgehead atoms. The minimum absolute atomic E-state index is 0.0756. The zero-order chi connectivity index (χ0) is 15.5. The molecule has 0 aliphatic rings. The summed E-state index contributed by atoms with van der Waals surface area (Å²) in [6, 6.07) is 5.18. The van der Waals surface area contributed by atoms with Crippen LogP contribution in [-0.2, 0) is 17.1 Å². The van der Waals surface area contributed by atoms with Gasteiger partial charge in [-0.15, -0.1) is 0 Å². The molecule has 0 saturated heterocycles. The van der Waals surface area contributed by atoms with Crippen molar-refractivity contribution >= 4 is 15.7 Å². The Morgan fingerprint density at radius 2 is 2.19 bits per heavy atom. The molecule has 1 aromatic heterocycles. The maximum Gasteiger partial charge on any atom is 0.265 e. The van der Waals surface area contributed by atoms with Crippen LogP contribution in [0, 0.1) is 18.8 Å². The predicted octanol–water partition coefficient (Wildman–Crippen LogP) is 0.873. The second-order valence-corrected chi connectivity index (χ2v) is 6.15. The van der Waals surface area contributed by atoms with Crippen LogP contribution in [0.3, 0.4) is 0 Å². The normalized spacial score (nSPS) is 10.8. The van der Waals surface area contributed by atoms with Crippen molar-refractivity contribution in [2.45, 2.75) is 11.8 Å². The monoisotopic (exact) mass is 305 g/mol. The van der Waals surface area contributed by atoms with Gasteiger partial charge >= 0.3 is 0 Å². The summed E-state index contributed by atoms with van der Waals surface area (Å²) in [5.74, 6) is 5.25.